The average Bonchev–Trinajstić information content (AvgIpc) is 2.73. The lowest BCUT2D eigenvalue weighted by Crippen LogP contribution is -2.21. The summed E-state index contributed by atoms with van der Waals surface area (Å²) in [5.74, 6) is -1.29. The number of anilines is 1. The van der Waals surface area contributed by atoms with Crippen LogP contribution in [0.4, 0.5) is 5.69 Å². The van der Waals surface area contributed by atoms with Crippen LogP contribution in [0.1, 0.15) is 21.6 Å². The number of nitrogens with one attached hydrogen (secondary N) is 1. The molecule has 1 aromatic heterocycles. The van der Waals surface area contributed by atoms with Gasteiger partial charge >= 0.3 is 5.97 Å². The van der Waals surface area contributed by atoms with Gasteiger partial charge in [-0.25, -0.2) is 4.79 Å². The van der Waals surface area contributed by atoms with Crippen molar-refractivity contribution in [3.63, 3.8) is 0 Å². The van der Waals surface area contributed by atoms with E-state index >= 15 is 0 Å². The minimum absolute atomic E-state index is 0.0245. The fourth-order valence-electron chi connectivity index (χ4n) is 2.00. The summed E-state index contributed by atoms with van der Waals surface area (Å²) < 4.78 is 1.43. The molecule has 0 unspecified atom stereocenters. The molecule has 0 aliphatic heterocycles. The van der Waals surface area contributed by atoms with Gasteiger partial charge in [0.25, 0.3) is 0 Å². The number of hydrogen-bond donors (Lipinski definition) is 2. The van der Waals surface area contributed by atoms with E-state index in [4.69, 9.17) is 5.11 Å². The Bertz CT molecular complexity index is 642. The third-order valence-corrected chi connectivity index (χ3v) is 3.02. The van der Waals surface area contributed by atoms with Gasteiger partial charge in [0.05, 0.1) is 0 Å². The minimum Gasteiger partial charge on any atom is -0.477 e. The number of aromatic nitrogens is 1. The van der Waals surface area contributed by atoms with Crippen LogP contribution in [0.5, 0.6) is 0 Å². The summed E-state index contributed by atoms with van der Waals surface area (Å²) in [5, 5.41) is 11.9. The Kier molecular flexibility index (Phi) is 3.89. The Morgan fingerprint density at radius 2 is 1.80 bits per heavy atom. The van der Waals surface area contributed by atoms with E-state index in [1.807, 2.05) is 31.2 Å². The molecular formula is C15H16N2O3. The number of aromatic carboxylic acids is 1. The van der Waals surface area contributed by atoms with Gasteiger partial charge in [-0.2, -0.15) is 0 Å². The first kappa shape index (κ1) is 13.9. The van der Waals surface area contributed by atoms with Crippen LogP contribution in [0.25, 0.3) is 0 Å². The summed E-state index contributed by atoms with van der Waals surface area (Å²) in [6.07, 6.45) is 1.60. The number of carboxylic acid groups (broad SMARTS) is 1. The van der Waals surface area contributed by atoms with Crippen LogP contribution in [0.15, 0.2) is 36.5 Å². The highest BCUT2D eigenvalue weighted by molar-refractivity contribution is 5.92. The number of carbonyl (C=O) groups is 2. The van der Waals surface area contributed by atoms with E-state index in [0.29, 0.717) is 11.3 Å². The zero-order valence-corrected chi connectivity index (χ0v) is 11.4. The highest BCUT2D eigenvalue weighted by atomic mass is 16.4. The van der Waals surface area contributed by atoms with Crippen LogP contribution in [0.2, 0.25) is 0 Å². The molecule has 0 aliphatic rings. The molecule has 1 heterocycles. The number of nitrogens with zero attached hydrogens (tertiary/aromatic N) is 1. The zero-order chi connectivity index (χ0) is 14.7. The maximum atomic E-state index is 11.9. The van der Waals surface area contributed by atoms with E-state index < -0.39 is 5.97 Å². The SMILES string of the molecule is Cc1ccc(NC(=O)Cn2ccc(C)c2C(=O)O)cc1. The van der Waals surface area contributed by atoms with Crippen LogP contribution in [-0.4, -0.2) is 21.6 Å². The van der Waals surface area contributed by atoms with Crippen molar-refractivity contribution in [1.82, 2.24) is 4.57 Å². The van der Waals surface area contributed by atoms with E-state index in [2.05, 4.69) is 5.32 Å². The molecule has 0 saturated carbocycles. The van der Waals surface area contributed by atoms with Crippen molar-refractivity contribution < 1.29 is 14.7 Å². The summed E-state index contributed by atoms with van der Waals surface area (Å²) in [4.78, 5) is 23.1. The van der Waals surface area contributed by atoms with Crippen molar-refractivity contribution in [1.29, 1.82) is 0 Å². The first-order valence-corrected chi connectivity index (χ1v) is 6.23. The molecule has 0 fully saturated rings. The molecule has 0 atom stereocenters. The largest absolute Gasteiger partial charge is 0.477 e. The van der Waals surface area contributed by atoms with Gasteiger partial charge in [-0.1, -0.05) is 17.7 Å². The van der Waals surface area contributed by atoms with Gasteiger partial charge in [0, 0.05) is 11.9 Å². The zero-order valence-electron chi connectivity index (χ0n) is 11.4. The quantitative estimate of drug-likeness (QED) is 0.898. The van der Waals surface area contributed by atoms with Crippen molar-refractivity contribution in [2.24, 2.45) is 0 Å². The van der Waals surface area contributed by atoms with Gasteiger partial charge < -0.3 is 15.0 Å². The second-order valence-electron chi connectivity index (χ2n) is 4.69. The monoisotopic (exact) mass is 272 g/mol. The van der Waals surface area contributed by atoms with Gasteiger partial charge in [-0.15, -0.1) is 0 Å². The number of carboxylic acids is 1. The minimum atomic E-state index is -1.03. The van der Waals surface area contributed by atoms with Crippen LogP contribution in [0, 0.1) is 13.8 Å². The van der Waals surface area contributed by atoms with Crippen molar-refractivity contribution in [3.05, 3.63) is 53.3 Å². The molecule has 1 amide bonds. The fourth-order valence-corrected chi connectivity index (χ4v) is 2.00. The van der Waals surface area contributed by atoms with Gasteiger partial charge in [-0.3, -0.25) is 4.79 Å². The predicted octanol–water partition coefficient (Wildman–Crippen LogP) is 2.44. The molecule has 1 aromatic carbocycles. The summed E-state index contributed by atoms with van der Waals surface area (Å²) in [6.45, 7) is 3.65. The van der Waals surface area contributed by atoms with Gasteiger partial charge in [-0.05, 0) is 37.6 Å². The fraction of sp³-hybridized carbons (Fsp3) is 0.200. The molecule has 5 nitrogen and oxygen atoms in total. The summed E-state index contributed by atoms with van der Waals surface area (Å²) in [5.41, 5.74) is 2.59. The molecule has 2 N–H and O–H groups in total. The Hall–Kier alpha value is -2.56. The maximum absolute atomic E-state index is 11.9. The second-order valence-corrected chi connectivity index (χ2v) is 4.69. The van der Waals surface area contributed by atoms with E-state index in [1.165, 1.54) is 4.57 Å². The van der Waals surface area contributed by atoms with Gasteiger partial charge in [0.1, 0.15) is 12.2 Å². The molecule has 20 heavy (non-hydrogen) atoms. The standard InChI is InChI=1S/C15H16N2O3/c1-10-3-5-12(6-4-10)16-13(18)9-17-8-7-11(2)14(17)15(19)20/h3-8H,9H2,1-2H3,(H,16,18)(H,19,20). The topological polar surface area (TPSA) is 71.3 Å². The maximum Gasteiger partial charge on any atom is 0.352 e. The number of benzene rings is 1. The van der Waals surface area contributed by atoms with E-state index in [1.54, 1.807) is 19.2 Å². The first-order valence-electron chi connectivity index (χ1n) is 6.23. The van der Waals surface area contributed by atoms with Crippen molar-refractivity contribution >= 4 is 17.6 Å². The van der Waals surface area contributed by atoms with Crippen molar-refractivity contribution in [3.8, 4) is 0 Å². The molecular weight excluding hydrogens is 256 g/mol. The number of rotatable bonds is 4. The third-order valence-electron chi connectivity index (χ3n) is 3.02. The van der Waals surface area contributed by atoms with Gasteiger partial charge in [0.15, 0.2) is 0 Å². The number of hydrogen-bond acceptors (Lipinski definition) is 2. The third kappa shape index (κ3) is 3.06. The lowest BCUT2D eigenvalue weighted by Gasteiger charge is -2.08. The molecule has 104 valence electrons. The molecule has 2 aromatic rings. The Labute approximate surface area is 116 Å². The predicted molar refractivity (Wildman–Crippen MR) is 75.9 cm³/mol. The Morgan fingerprint density at radius 1 is 1.15 bits per heavy atom. The second kappa shape index (κ2) is 5.61. The number of aryl methyl sites for hydroxylation is 2. The van der Waals surface area contributed by atoms with Crippen LogP contribution >= 0.6 is 0 Å². The first-order chi connectivity index (χ1) is 9.47. The molecule has 0 saturated heterocycles. The normalized spacial score (nSPS) is 10.3. The van der Waals surface area contributed by atoms with Crippen LogP contribution < -0.4 is 5.32 Å². The Balaban J connectivity index is 2.09. The highest BCUT2D eigenvalue weighted by Crippen LogP contribution is 2.12. The summed E-state index contributed by atoms with van der Waals surface area (Å²) >= 11 is 0. The molecule has 5 heteroatoms. The smallest absolute Gasteiger partial charge is 0.352 e. The van der Waals surface area contributed by atoms with Crippen molar-refractivity contribution in [2.45, 2.75) is 20.4 Å². The van der Waals surface area contributed by atoms with Crippen molar-refractivity contribution in [2.75, 3.05) is 5.32 Å². The summed E-state index contributed by atoms with van der Waals surface area (Å²) in [7, 11) is 0. The average molecular weight is 272 g/mol. The highest BCUT2D eigenvalue weighted by Gasteiger charge is 2.15. The molecule has 0 spiro atoms. The van der Waals surface area contributed by atoms with Gasteiger partial charge in [0.2, 0.25) is 5.91 Å². The number of carbonyl (C=O) groups excluding carboxylic acids is 1. The van der Waals surface area contributed by atoms with Crippen LogP contribution in [-0.2, 0) is 11.3 Å². The van der Waals surface area contributed by atoms with E-state index in [9.17, 15) is 9.59 Å². The summed E-state index contributed by atoms with van der Waals surface area (Å²) in [6, 6.07) is 9.11. The van der Waals surface area contributed by atoms with E-state index in [0.717, 1.165) is 5.56 Å². The molecule has 0 aliphatic carbocycles. The lowest BCUT2D eigenvalue weighted by atomic mass is 10.2. The lowest BCUT2D eigenvalue weighted by molar-refractivity contribution is -0.116. The molecule has 2 rings (SSSR count). The molecule has 0 bridgehead atoms. The molecule has 0 radical (unpaired) electrons. The number of amides is 1. The Morgan fingerprint density at radius 3 is 2.40 bits per heavy atom. The van der Waals surface area contributed by atoms with Crippen LogP contribution in [0.3, 0.4) is 0 Å². The van der Waals surface area contributed by atoms with E-state index in [-0.39, 0.29) is 18.1 Å².